The summed E-state index contributed by atoms with van der Waals surface area (Å²) >= 11 is 0. The third-order valence-electron chi connectivity index (χ3n) is 3.15. The molecule has 1 aromatic heterocycles. The van der Waals surface area contributed by atoms with Crippen LogP contribution in [0.1, 0.15) is 63.3 Å². The summed E-state index contributed by atoms with van der Waals surface area (Å²) in [5.41, 5.74) is 2.61. The van der Waals surface area contributed by atoms with Gasteiger partial charge in [0.25, 0.3) is 0 Å². The van der Waals surface area contributed by atoms with Gasteiger partial charge in [0.05, 0.1) is 17.1 Å². The molecule has 0 radical (unpaired) electrons. The van der Waals surface area contributed by atoms with E-state index in [-0.39, 0.29) is 5.91 Å². The zero-order valence-electron chi connectivity index (χ0n) is 11.8. The number of anilines is 1. The number of amides is 1. The first kappa shape index (κ1) is 14.7. The summed E-state index contributed by atoms with van der Waals surface area (Å²) in [4.78, 5) is 11.8. The number of aromatic nitrogens is 2. The van der Waals surface area contributed by atoms with Crippen molar-refractivity contribution >= 4 is 11.6 Å². The van der Waals surface area contributed by atoms with Crippen molar-refractivity contribution in [1.29, 1.82) is 0 Å². The van der Waals surface area contributed by atoms with Gasteiger partial charge in [-0.1, -0.05) is 39.0 Å². The van der Waals surface area contributed by atoms with Crippen molar-refractivity contribution in [2.75, 3.05) is 5.32 Å². The molecule has 0 bridgehead atoms. The van der Waals surface area contributed by atoms with E-state index in [0.717, 1.165) is 29.9 Å². The van der Waals surface area contributed by atoms with Crippen molar-refractivity contribution in [3.05, 3.63) is 11.4 Å². The van der Waals surface area contributed by atoms with Gasteiger partial charge in [0.2, 0.25) is 5.91 Å². The normalized spacial score (nSPS) is 10.6. The summed E-state index contributed by atoms with van der Waals surface area (Å²) in [6.45, 7) is 6.02. The molecule has 0 fully saturated rings. The molecule has 0 saturated heterocycles. The van der Waals surface area contributed by atoms with Crippen LogP contribution in [-0.4, -0.2) is 16.1 Å². The topological polar surface area (TPSA) is 57.8 Å². The maximum atomic E-state index is 11.8. The molecule has 102 valence electrons. The number of aromatic amines is 1. The highest BCUT2D eigenvalue weighted by Gasteiger charge is 2.09. The minimum atomic E-state index is 0.0955. The Hall–Kier alpha value is -1.32. The minimum absolute atomic E-state index is 0.0955. The standard InChI is InChI=1S/C14H25N3O/c1-4-5-6-7-8-9-10-13(18)15-14-11(2)16-17-12(14)3/h4-10H2,1-3H3,(H,15,18)(H,16,17). The molecule has 0 aliphatic heterocycles. The van der Waals surface area contributed by atoms with E-state index in [2.05, 4.69) is 22.4 Å². The average Bonchev–Trinajstić information content (AvgIpc) is 2.65. The zero-order chi connectivity index (χ0) is 13.4. The highest BCUT2D eigenvalue weighted by molar-refractivity contribution is 5.91. The second-order valence-electron chi connectivity index (χ2n) is 4.87. The lowest BCUT2D eigenvalue weighted by Crippen LogP contribution is -2.12. The number of aryl methyl sites for hydroxylation is 2. The quantitative estimate of drug-likeness (QED) is 0.692. The predicted octanol–water partition coefficient (Wildman–Crippen LogP) is 3.72. The van der Waals surface area contributed by atoms with Gasteiger partial charge in [-0.3, -0.25) is 9.89 Å². The Morgan fingerprint density at radius 3 is 2.44 bits per heavy atom. The lowest BCUT2D eigenvalue weighted by atomic mass is 10.1. The first-order chi connectivity index (χ1) is 8.65. The summed E-state index contributed by atoms with van der Waals surface area (Å²) in [7, 11) is 0. The molecule has 1 aromatic rings. The van der Waals surface area contributed by atoms with Gasteiger partial charge in [0.1, 0.15) is 0 Å². The number of unbranched alkanes of at least 4 members (excludes halogenated alkanes) is 5. The van der Waals surface area contributed by atoms with Gasteiger partial charge in [0, 0.05) is 6.42 Å². The molecule has 0 aliphatic rings. The molecular formula is C14H25N3O. The van der Waals surface area contributed by atoms with E-state index in [0.29, 0.717) is 6.42 Å². The van der Waals surface area contributed by atoms with E-state index < -0.39 is 0 Å². The molecule has 0 aliphatic carbocycles. The van der Waals surface area contributed by atoms with Crippen LogP contribution in [0.25, 0.3) is 0 Å². The summed E-state index contributed by atoms with van der Waals surface area (Å²) in [6, 6.07) is 0. The van der Waals surface area contributed by atoms with Crippen LogP contribution in [0.15, 0.2) is 0 Å². The van der Waals surface area contributed by atoms with Crippen molar-refractivity contribution in [3.8, 4) is 0 Å². The minimum Gasteiger partial charge on any atom is -0.323 e. The summed E-state index contributed by atoms with van der Waals surface area (Å²) in [6.07, 6.45) is 7.83. The maximum Gasteiger partial charge on any atom is 0.224 e. The van der Waals surface area contributed by atoms with Crippen molar-refractivity contribution in [1.82, 2.24) is 10.2 Å². The van der Waals surface area contributed by atoms with Gasteiger partial charge < -0.3 is 5.32 Å². The number of H-pyrrole nitrogens is 1. The van der Waals surface area contributed by atoms with Crippen molar-refractivity contribution in [3.63, 3.8) is 0 Å². The van der Waals surface area contributed by atoms with Crippen LogP contribution in [-0.2, 0) is 4.79 Å². The molecule has 0 unspecified atom stereocenters. The maximum absolute atomic E-state index is 11.8. The molecule has 0 atom stereocenters. The molecule has 0 aromatic carbocycles. The number of carbonyl (C=O) groups is 1. The van der Waals surface area contributed by atoms with Crippen LogP contribution in [0.2, 0.25) is 0 Å². The van der Waals surface area contributed by atoms with Crippen molar-refractivity contribution < 1.29 is 4.79 Å². The largest absolute Gasteiger partial charge is 0.323 e. The van der Waals surface area contributed by atoms with E-state index in [1.54, 1.807) is 0 Å². The monoisotopic (exact) mass is 251 g/mol. The van der Waals surface area contributed by atoms with E-state index in [4.69, 9.17) is 0 Å². The number of hydrogen-bond acceptors (Lipinski definition) is 2. The summed E-state index contributed by atoms with van der Waals surface area (Å²) in [5, 5.41) is 9.86. The first-order valence-corrected chi connectivity index (χ1v) is 6.96. The Labute approximate surface area is 110 Å². The molecule has 1 amide bonds. The van der Waals surface area contributed by atoms with Crippen LogP contribution in [0.5, 0.6) is 0 Å². The van der Waals surface area contributed by atoms with Crippen LogP contribution in [0, 0.1) is 13.8 Å². The Bertz CT molecular complexity index is 352. The fraction of sp³-hybridized carbons (Fsp3) is 0.714. The van der Waals surface area contributed by atoms with Gasteiger partial charge >= 0.3 is 0 Å². The SMILES string of the molecule is CCCCCCCCC(=O)Nc1c(C)n[nH]c1C. The van der Waals surface area contributed by atoms with Crippen LogP contribution >= 0.6 is 0 Å². The number of hydrogen-bond donors (Lipinski definition) is 2. The first-order valence-electron chi connectivity index (χ1n) is 6.96. The highest BCUT2D eigenvalue weighted by atomic mass is 16.1. The summed E-state index contributed by atoms with van der Waals surface area (Å²) < 4.78 is 0. The van der Waals surface area contributed by atoms with Crippen molar-refractivity contribution in [2.24, 2.45) is 0 Å². The summed E-state index contributed by atoms with van der Waals surface area (Å²) in [5.74, 6) is 0.0955. The van der Waals surface area contributed by atoms with Crippen molar-refractivity contribution in [2.45, 2.75) is 65.7 Å². The van der Waals surface area contributed by atoms with E-state index in [1.165, 1.54) is 25.7 Å². The molecule has 1 heterocycles. The molecular weight excluding hydrogens is 226 g/mol. The second kappa shape index (κ2) is 7.90. The lowest BCUT2D eigenvalue weighted by molar-refractivity contribution is -0.116. The Kier molecular flexibility index (Phi) is 6.47. The van der Waals surface area contributed by atoms with Gasteiger partial charge in [-0.15, -0.1) is 0 Å². The van der Waals surface area contributed by atoms with Gasteiger partial charge in [-0.05, 0) is 20.3 Å². The Morgan fingerprint density at radius 2 is 1.83 bits per heavy atom. The number of rotatable bonds is 8. The predicted molar refractivity (Wildman–Crippen MR) is 74.7 cm³/mol. The van der Waals surface area contributed by atoms with Gasteiger partial charge in [0.15, 0.2) is 0 Å². The van der Waals surface area contributed by atoms with Gasteiger partial charge in [-0.2, -0.15) is 5.10 Å². The molecule has 18 heavy (non-hydrogen) atoms. The van der Waals surface area contributed by atoms with Gasteiger partial charge in [-0.25, -0.2) is 0 Å². The Balaban J connectivity index is 2.18. The molecule has 4 nitrogen and oxygen atoms in total. The number of nitrogens with one attached hydrogen (secondary N) is 2. The van der Waals surface area contributed by atoms with Crippen LogP contribution < -0.4 is 5.32 Å². The number of carbonyl (C=O) groups excluding carboxylic acids is 1. The fourth-order valence-electron chi connectivity index (χ4n) is 2.00. The third-order valence-corrected chi connectivity index (χ3v) is 3.15. The van der Waals surface area contributed by atoms with E-state index >= 15 is 0 Å². The van der Waals surface area contributed by atoms with Crippen LogP contribution in [0.3, 0.4) is 0 Å². The molecule has 1 rings (SSSR count). The Morgan fingerprint density at radius 1 is 1.17 bits per heavy atom. The highest BCUT2D eigenvalue weighted by Crippen LogP contribution is 2.16. The van der Waals surface area contributed by atoms with Crippen LogP contribution in [0.4, 0.5) is 5.69 Å². The average molecular weight is 251 g/mol. The number of nitrogens with zero attached hydrogens (tertiary/aromatic N) is 1. The fourth-order valence-corrected chi connectivity index (χ4v) is 2.00. The van der Waals surface area contributed by atoms with E-state index in [1.807, 2.05) is 13.8 Å². The third kappa shape index (κ3) is 4.90. The molecule has 0 spiro atoms. The molecule has 0 saturated carbocycles. The molecule has 4 heteroatoms. The smallest absolute Gasteiger partial charge is 0.224 e. The second-order valence-corrected chi connectivity index (χ2v) is 4.87. The zero-order valence-corrected chi connectivity index (χ0v) is 11.8. The molecule has 2 N–H and O–H groups in total. The lowest BCUT2D eigenvalue weighted by Gasteiger charge is -2.05. The van der Waals surface area contributed by atoms with E-state index in [9.17, 15) is 4.79 Å².